The van der Waals surface area contributed by atoms with E-state index in [1.54, 1.807) is 0 Å². The maximum absolute atomic E-state index is 9.48. The molecule has 0 aromatic carbocycles. The van der Waals surface area contributed by atoms with E-state index in [0.717, 1.165) is 0 Å². The fourth-order valence-electron chi connectivity index (χ4n) is 0. The van der Waals surface area contributed by atoms with Crippen LogP contribution in [0.1, 0.15) is 0 Å². The molecule has 0 radical (unpaired) electrons. The van der Waals surface area contributed by atoms with Gasteiger partial charge in [-0.05, 0) is 0 Å². The zero-order valence-corrected chi connectivity index (χ0v) is 4.13. The summed E-state index contributed by atoms with van der Waals surface area (Å²) < 4.78 is -0.974. The monoisotopic (exact) mass is 179 g/mol. The predicted molar refractivity (Wildman–Crippen MR) is 12.6 cm³/mol. The third-order valence-corrected chi connectivity index (χ3v) is 0.487. The molecule has 0 spiro atoms. The first kappa shape index (κ1) is 5.80. The van der Waals surface area contributed by atoms with E-state index < -0.39 is 10.2 Å². The molecule has 0 fully saturated rings. The molecule has 4 heteroatoms. The fraction of sp³-hybridized carbons (Fsp3) is 0. The van der Waals surface area contributed by atoms with Crippen LogP contribution in [0.15, 0.2) is 0 Å². The molecule has 0 unspecified atom stereocenters. The zero-order valence-electron chi connectivity index (χ0n) is 2.58. The van der Waals surface area contributed by atoms with Crippen molar-refractivity contribution >= 4 is 10.2 Å². The van der Waals surface area contributed by atoms with E-state index in [2.05, 4.69) is 0 Å². The van der Waals surface area contributed by atoms with E-state index in [1.165, 1.54) is 0 Å². The van der Waals surface area contributed by atoms with Crippen LogP contribution < -0.4 is 0 Å². The van der Waals surface area contributed by atoms with Gasteiger partial charge in [-0.25, -0.2) is 0 Å². The number of rotatable bonds is 1. The number of carbonyl (C=O) groups excluding carboxylic acids is 1. The molecule has 0 aliphatic carbocycles. The van der Waals surface area contributed by atoms with Crippen LogP contribution in [0.2, 0.25) is 0 Å². The number of aliphatic carboxylic acids is 1. The molecule has 0 heterocycles. The van der Waals surface area contributed by atoms with Crippen molar-refractivity contribution in [2.75, 3.05) is 0 Å². The van der Waals surface area contributed by atoms with Crippen LogP contribution in [-0.4, -0.2) is 15.3 Å². The second-order valence-electron chi connectivity index (χ2n) is 0.551. The van der Waals surface area contributed by atoms with E-state index in [4.69, 9.17) is 5.11 Å². The van der Waals surface area contributed by atoms with Gasteiger partial charge < -0.3 is 0 Å². The Morgan fingerprint density at radius 2 is 1.67 bits per heavy atom. The van der Waals surface area contributed by atoms with Crippen molar-refractivity contribution in [3.63, 3.8) is 0 Å². The minimum absolute atomic E-state index is 0.974. The van der Waals surface area contributed by atoms with Gasteiger partial charge in [0, 0.05) is 0 Å². The topological polar surface area (TPSA) is 54.4 Å². The molecule has 0 aliphatic heterocycles. The summed E-state index contributed by atoms with van der Waals surface area (Å²) in [6.45, 7) is 0. The quantitative estimate of drug-likeness (QED) is 0.421. The molecular formula is C2HO3Pd. The molecular weight excluding hydrogens is 178 g/mol. The van der Waals surface area contributed by atoms with Crippen molar-refractivity contribution in [1.29, 1.82) is 0 Å². The van der Waals surface area contributed by atoms with Gasteiger partial charge in [-0.3, -0.25) is 0 Å². The first-order valence-corrected chi connectivity index (χ1v) is 1.82. The zero-order chi connectivity index (χ0) is 5.15. The Labute approximate surface area is 44.7 Å². The van der Waals surface area contributed by atoms with Gasteiger partial charge in [0.2, 0.25) is 0 Å². The third-order valence-electron chi connectivity index (χ3n) is 0.155. The average Bonchev–Trinajstić information content (AvgIpc) is 1.36. The molecule has 0 amide bonds. The summed E-state index contributed by atoms with van der Waals surface area (Å²) in [5.41, 5.74) is 0. The summed E-state index contributed by atoms with van der Waals surface area (Å²) in [6.07, 6.45) is 0. The summed E-state index contributed by atoms with van der Waals surface area (Å²) in [4.78, 5) is 18.8. The molecule has 0 rings (SSSR count). The Balaban J connectivity index is 3.57. The van der Waals surface area contributed by atoms with Gasteiger partial charge in [0.15, 0.2) is 0 Å². The molecule has 1 N–H and O–H groups in total. The van der Waals surface area contributed by atoms with Crippen LogP contribution in [0.5, 0.6) is 0 Å². The molecule has 0 aromatic heterocycles. The summed E-state index contributed by atoms with van der Waals surface area (Å²) in [7, 11) is 0. The molecule has 0 atom stereocenters. The van der Waals surface area contributed by atoms with Crippen LogP contribution in [-0.2, 0) is 28.8 Å². The van der Waals surface area contributed by atoms with Gasteiger partial charge in [0.1, 0.15) is 0 Å². The molecule has 0 bridgehead atoms. The maximum atomic E-state index is 9.48. The molecule has 37 valence electrons. The average molecular weight is 179 g/mol. The Bertz CT molecular complexity index is 74.8. The second kappa shape index (κ2) is 2.06. The SMILES string of the molecule is O=C(O)[C](=O)[Pd]. The van der Waals surface area contributed by atoms with Gasteiger partial charge in [-0.1, -0.05) is 0 Å². The standard InChI is InChI=1S/C2HO3.Pd/c3-1-2(4)5;/h(H,4,5);. The number of carboxylic acid groups (broad SMARTS) is 1. The first-order valence-electron chi connectivity index (χ1n) is 1.04. The summed E-state index contributed by atoms with van der Waals surface area (Å²) in [5, 5.41) is 7.60. The van der Waals surface area contributed by atoms with E-state index in [0.29, 0.717) is 0 Å². The summed E-state index contributed by atoms with van der Waals surface area (Å²) in [6, 6.07) is 0. The van der Waals surface area contributed by atoms with Crippen LogP contribution in [0, 0.1) is 0 Å². The Kier molecular flexibility index (Phi) is 1.99. The van der Waals surface area contributed by atoms with Crippen molar-refractivity contribution in [1.82, 2.24) is 0 Å². The molecule has 0 aliphatic rings. The van der Waals surface area contributed by atoms with Crippen LogP contribution in [0.4, 0.5) is 0 Å². The molecule has 0 saturated heterocycles. The Morgan fingerprint density at radius 1 is 1.50 bits per heavy atom. The Hall–Kier alpha value is -0.198. The molecule has 3 nitrogen and oxygen atoms in total. The number of carbonyl (C=O) groups is 2. The van der Waals surface area contributed by atoms with E-state index in [-0.39, 0.29) is 0 Å². The van der Waals surface area contributed by atoms with Crippen LogP contribution in [0.25, 0.3) is 0 Å². The fourth-order valence-corrected chi connectivity index (χ4v) is 0. The van der Waals surface area contributed by atoms with Gasteiger partial charge >= 0.3 is 44.1 Å². The third kappa shape index (κ3) is 2.07. The normalized spacial score (nSPS) is 7.67. The van der Waals surface area contributed by atoms with E-state index in [1.807, 2.05) is 19.2 Å². The van der Waals surface area contributed by atoms with Gasteiger partial charge in [0.25, 0.3) is 0 Å². The van der Waals surface area contributed by atoms with Gasteiger partial charge in [0.05, 0.1) is 0 Å². The Morgan fingerprint density at radius 3 is 1.67 bits per heavy atom. The summed E-state index contributed by atoms with van der Waals surface area (Å²) in [5.74, 6) is -1.45. The van der Waals surface area contributed by atoms with Gasteiger partial charge in [-0.2, -0.15) is 0 Å². The van der Waals surface area contributed by atoms with Gasteiger partial charge in [-0.15, -0.1) is 0 Å². The predicted octanol–water partition coefficient (Wildman–Crippen LogP) is -0.856. The van der Waals surface area contributed by atoms with Crippen molar-refractivity contribution in [3.05, 3.63) is 0 Å². The molecule has 0 aromatic rings. The number of carboxylic acids is 1. The van der Waals surface area contributed by atoms with Crippen LogP contribution in [0.3, 0.4) is 0 Å². The molecule has 6 heavy (non-hydrogen) atoms. The number of hydrogen-bond donors (Lipinski definition) is 1. The van der Waals surface area contributed by atoms with E-state index >= 15 is 0 Å². The van der Waals surface area contributed by atoms with Crippen molar-refractivity contribution in [3.8, 4) is 0 Å². The first-order chi connectivity index (χ1) is 2.64. The number of hydrogen-bond acceptors (Lipinski definition) is 2. The van der Waals surface area contributed by atoms with Crippen molar-refractivity contribution in [2.45, 2.75) is 0 Å². The van der Waals surface area contributed by atoms with Crippen LogP contribution >= 0.6 is 0 Å². The van der Waals surface area contributed by atoms with Crippen molar-refractivity contribution < 1.29 is 33.9 Å². The molecule has 0 saturated carbocycles. The second-order valence-corrected chi connectivity index (χ2v) is 1.26. The summed E-state index contributed by atoms with van der Waals surface area (Å²) >= 11 is 1.96. The minimum atomic E-state index is -1.45. The van der Waals surface area contributed by atoms with Crippen molar-refractivity contribution in [2.24, 2.45) is 0 Å². The van der Waals surface area contributed by atoms with E-state index in [9.17, 15) is 9.59 Å².